The van der Waals surface area contributed by atoms with Crippen LogP contribution in [0.5, 0.6) is 11.5 Å². The lowest BCUT2D eigenvalue weighted by atomic mass is 10.0. The van der Waals surface area contributed by atoms with Gasteiger partial charge in [0.1, 0.15) is 5.54 Å². The molecule has 6 nitrogen and oxygen atoms in total. The van der Waals surface area contributed by atoms with E-state index in [9.17, 15) is 14.7 Å². The molecule has 1 aromatic rings. The van der Waals surface area contributed by atoms with Crippen LogP contribution in [0.1, 0.15) is 31.1 Å². The Balaban J connectivity index is 3.25. The summed E-state index contributed by atoms with van der Waals surface area (Å²) in [5, 5.41) is 9.44. The summed E-state index contributed by atoms with van der Waals surface area (Å²) >= 11 is 6.13. The number of carboxylic acids is 1. The minimum atomic E-state index is -1.35. The third-order valence-electron chi connectivity index (χ3n) is 3.43. The van der Waals surface area contributed by atoms with Crippen LogP contribution in [0.2, 0.25) is 5.02 Å². The molecule has 7 heteroatoms. The molecule has 22 heavy (non-hydrogen) atoms. The van der Waals surface area contributed by atoms with E-state index in [0.717, 1.165) is 4.90 Å². The van der Waals surface area contributed by atoms with Gasteiger partial charge in [-0.2, -0.15) is 0 Å². The maximum Gasteiger partial charge on any atom is 0.329 e. The van der Waals surface area contributed by atoms with E-state index in [1.165, 1.54) is 40.1 Å². The fourth-order valence-corrected chi connectivity index (χ4v) is 1.98. The van der Waals surface area contributed by atoms with Gasteiger partial charge in [0.2, 0.25) is 0 Å². The monoisotopic (exact) mass is 329 g/mol. The van der Waals surface area contributed by atoms with E-state index >= 15 is 0 Å². The number of carboxylic acid groups (broad SMARTS) is 1. The number of hydrogen-bond donors (Lipinski definition) is 1. The molecule has 0 saturated heterocycles. The highest BCUT2D eigenvalue weighted by molar-refractivity contribution is 6.32. The second kappa shape index (κ2) is 6.87. The molecule has 1 N–H and O–H groups in total. The summed E-state index contributed by atoms with van der Waals surface area (Å²) in [5.41, 5.74) is -1.13. The molecule has 0 fully saturated rings. The molecule has 0 aliphatic rings. The Morgan fingerprint density at radius 1 is 1.36 bits per heavy atom. The largest absolute Gasteiger partial charge is 0.493 e. The van der Waals surface area contributed by atoms with Gasteiger partial charge in [-0.3, -0.25) is 4.79 Å². The smallest absolute Gasteiger partial charge is 0.329 e. The van der Waals surface area contributed by atoms with Gasteiger partial charge >= 0.3 is 5.97 Å². The molecule has 0 atom stereocenters. The first-order chi connectivity index (χ1) is 10.2. The van der Waals surface area contributed by atoms with Crippen LogP contribution in [0.15, 0.2) is 12.1 Å². The summed E-state index contributed by atoms with van der Waals surface area (Å²) in [6.45, 7) is 5.09. The molecular weight excluding hydrogens is 310 g/mol. The van der Waals surface area contributed by atoms with Gasteiger partial charge in [0.05, 0.1) is 18.7 Å². The lowest BCUT2D eigenvalue weighted by molar-refractivity contribution is -0.147. The number of rotatable bonds is 6. The summed E-state index contributed by atoms with van der Waals surface area (Å²) in [7, 11) is 2.86. The second-order valence-electron chi connectivity index (χ2n) is 5.15. The van der Waals surface area contributed by atoms with Crippen LogP contribution in [-0.2, 0) is 4.79 Å². The molecular formula is C15H20ClNO5. The van der Waals surface area contributed by atoms with Gasteiger partial charge in [-0.25, -0.2) is 4.79 Å². The average Bonchev–Trinajstić information content (AvgIpc) is 2.47. The molecule has 0 aromatic heterocycles. The first-order valence-corrected chi connectivity index (χ1v) is 7.06. The number of ether oxygens (including phenoxy) is 2. The Labute approximate surface area is 134 Å². The molecule has 0 aliphatic heterocycles. The van der Waals surface area contributed by atoms with Crippen molar-refractivity contribution >= 4 is 23.5 Å². The molecule has 0 radical (unpaired) electrons. The summed E-state index contributed by atoms with van der Waals surface area (Å²) in [5.74, 6) is -0.911. The van der Waals surface area contributed by atoms with E-state index in [-0.39, 0.29) is 10.6 Å². The third kappa shape index (κ3) is 3.44. The minimum Gasteiger partial charge on any atom is -0.493 e. The van der Waals surface area contributed by atoms with Gasteiger partial charge < -0.3 is 19.5 Å². The van der Waals surface area contributed by atoms with Crippen LogP contribution in [0, 0.1) is 0 Å². The lowest BCUT2D eigenvalue weighted by Crippen LogP contribution is -2.50. The summed E-state index contributed by atoms with van der Waals surface area (Å²) in [6.07, 6.45) is 0. The van der Waals surface area contributed by atoms with Crippen LogP contribution in [-0.4, -0.2) is 48.2 Å². The van der Waals surface area contributed by atoms with Gasteiger partial charge in [0.15, 0.2) is 11.5 Å². The zero-order valence-corrected chi connectivity index (χ0v) is 14.0. The van der Waals surface area contributed by atoms with E-state index < -0.39 is 17.4 Å². The zero-order chi connectivity index (χ0) is 17.1. The SMILES string of the molecule is CCOc1c(Cl)cc(C(=O)N(C)C(C)(C)C(=O)O)cc1OC. The van der Waals surface area contributed by atoms with E-state index in [0.29, 0.717) is 18.1 Å². The zero-order valence-electron chi connectivity index (χ0n) is 13.3. The van der Waals surface area contributed by atoms with Gasteiger partial charge in [-0.15, -0.1) is 0 Å². The van der Waals surface area contributed by atoms with Gasteiger partial charge in [0, 0.05) is 12.6 Å². The molecule has 122 valence electrons. The van der Waals surface area contributed by atoms with Crippen molar-refractivity contribution in [2.45, 2.75) is 26.3 Å². The molecule has 0 bridgehead atoms. The van der Waals surface area contributed by atoms with Crippen LogP contribution < -0.4 is 9.47 Å². The highest BCUT2D eigenvalue weighted by Gasteiger charge is 2.36. The lowest BCUT2D eigenvalue weighted by Gasteiger charge is -2.31. The maximum atomic E-state index is 12.5. The van der Waals surface area contributed by atoms with Crippen LogP contribution >= 0.6 is 11.6 Å². The number of nitrogens with zero attached hydrogens (tertiary/aromatic N) is 1. The number of amides is 1. The number of halogens is 1. The van der Waals surface area contributed by atoms with Crippen molar-refractivity contribution in [2.75, 3.05) is 20.8 Å². The summed E-state index contributed by atoms with van der Waals surface area (Å²) in [4.78, 5) is 24.9. The predicted octanol–water partition coefficient (Wildman–Crippen LogP) is 2.68. The Bertz CT molecular complexity index is 586. The quantitative estimate of drug-likeness (QED) is 0.868. The van der Waals surface area contributed by atoms with E-state index in [1.807, 2.05) is 0 Å². The van der Waals surface area contributed by atoms with E-state index in [1.54, 1.807) is 6.92 Å². The fraction of sp³-hybridized carbons (Fsp3) is 0.467. The number of carbonyl (C=O) groups is 2. The van der Waals surface area contributed by atoms with Crippen molar-refractivity contribution in [2.24, 2.45) is 0 Å². The number of aliphatic carboxylic acids is 1. The van der Waals surface area contributed by atoms with Crippen molar-refractivity contribution in [3.05, 3.63) is 22.7 Å². The number of benzene rings is 1. The summed E-state index contributed by atoms with van der Waals surface area (Å²) in [6, 6.07) is 2.92. The highest BCUT2D eigenvalue weighted by Crippen LogP contribution is 2.37. The molecule has 1 aromatic carbocycles. The fourth-order valence-electron chi connectivity index (χ4n) is 1.72. The Morgan fingerprint density at radius 2 is 1.95 bits per heavy atom. The summed E-state index contributed by atoms with van der Waals surface area (Å²) < 4.78 is 10.6. The minimum absolute atomic E-state index is 0.224. The molecule has 1 rings (SSSR count). The molecule has 1 amide bonds. The van der Waals surface area contributed by atoms with Crippen molar-refractivity contribution in [1.82, 2.24) is 4.90 Å². The normalized spacial score (nSPS) is 11.0. The average molecular weight is 330 g/mol. The van der Waals surface area contributed by atoms with Crippen LogP contribution in [0.4, 0.5) is 0 Å². The van der Waals surface area contributed by atoms with Crippen LogP contribution in [0.25, 0.3) is 0 Å². The van der Waals surface area contributed by atoms with Gasteiger partial charge in [-0.05, 0) is 32.9 Å². The number of likely N-dealkylation sites (N-methyl/N-ethyl adjacent to an activating group) is 1. The number of carbonyl (C=O) groups excluding carboxylic acids is 1. The number of methoxy groups -OCH3 is 1. The highest BCUT2D eigenvalue weighted by atomic mass is 35.5. The van der Waals surface area contributed by atoms with Crippen molar-refractivity contribution in [3.8, 4) is 11.5 Å². The molecule has 0 spiro atoms. The Hall–Kier alpha value is -1.95. The molecule has 0 saturated carbocycles. The van der Waals surface area contributed by atoms with Crippen molar-refractivity contribution < 1.29 is 24.2 Å². The first-order valence-electron chi connectivity index (χ1n) is 6.68. The molecule has 0 aliphatic carbocycles. The van der Waals surface area contributed by atoms with Crippen LogP contribution in [0.3, 0.4) is 0 Å². The first kappa shape index (κ1) is 18.1. The topological polar surface area (TPSA) is 76.1 Å². The standard InChI is InChI=1S/C15H20ClNO5/c1-6-22-12-10(16)7-9(8-11(12)21-5)13(18)17(4)15(2,3)14(19)20/h7-8H,6H2,1-5H3,(H,19,20). The van der Waals surface area contributed by atoms with Crippen molar-refractivity contribution in [3.63, 3.8) is 0 Å². The van der Waals surface area contributed by atoms with Gasteiger partial charge in [0.25, 0.3) is 5.91 Å². The molecule has 0 heterocycles. The third-order valence-corrected chi connectivity index (χ3v) is 3.71. The Morgan fingerprint density at radius 3 is 2.41 bits per heavy atom. The second-order valence-corrected chi connectivity index (χ2v) is 5.56. The van der Waals surface area contributed by atoms with Crippen molar-refractivity contribution in [1.29, 1.82) is 0 Å². The van der Waals surface area contributed by atoms with E-state index in [2.05, 4.69) is 0 Å². The maximum absolute atomic E-state index is 12.5. The van der Waals surface area contributed by atoms with E-state index in [4.69, 9.17) is 21.1 Å². The Kier molecular flexibility index (Phi) is 5.65. The molecule has 0 unspecified atom stereocenters. The van der Waals surface area contributed by atoms with Gasteiger partial charge in [-0.1, -0.05) is 11.6 Å². The predicted molar refractivity (Wildman–Crippen MR) is 83.0 cm³/mol. The number of hydrogen-bond acceptors (Lipinski definition) is 4.